The van der Waals surface area contributed by atoms with Gasteiger partial charge in [0.2, 0.25) is 5.43 Å². The van der Waals surface area contributed by atoms with Gasteiger partial charge in [0.25, 0.3) is 5.91 Å². The Morgan fingerprint density at radius 2 is 1.67 bits per heavy atom. The summed E-state index contributed by atoms with van der Waals surface area (Å²) in [6, 6.07) is 14.6. The summed E-state index contributed by atoms with van der Waals surface area (Å²) in [4.78, 5) is 26.9. The van der Waals surface area contributed by atoms with Crippen LogP contribution in [0.5, 0.6) is 0 Å². The molecule has 0 saturated carbocycles. The monoisotopic (exact) mass is 343 g/mol. The van der Waals surface area contributed by atoms with Crippen LogP contribution >= 0.6 is 12.4 Å². The van der Waals surface area contributed by atoms with Crippen LogP contribution < -0.4 is 5.43 Å². The van der Waals surface area contributed by atoms with E-state index < -0.39 is 0 Å². The first-order valence-corrected chi connectivity index (χ1v) is 7.34. The molecule has 0 spiro atoms. The molecule has 5 heteroatoms. The lowest BCUT2D eigenvalue weighted by Gasteiger charge is -2.14. The highest BCUT2D eigenvalue weighted by Crippen LogP contribution is 2.27. The van der Waals surface area contributed by atoms with E-state index in [9.17, 15) is 9.59 Å². The number of hydrogen-bond acceptors (Lipinski definition) is 3. The molecule has 0 N–H and O–H groups in total. The largest absolute Gasteiger partial charge is 0.455 e. The number of rotatable bonds is 2. The molecule has 0 bridgehead atoms. The smallest absolute Gasteiger partial charge is 0.261 e. The van der Waals surface area contributed by atoms with Gasteiger partial charge in [-0.25, -0.2) is 0 Å². The topological polar surface area (TPSA) is 50.5 Å². The van der Waals surface area contributed by atoms with Gasteiger partial charge >= 0.3 is 0 Å². The van der Waals surface area contributed by atoms with E-state index in [2.05, 4.69) is 0 Å². The van der Waals surface area contributed by atoms with E-state index in [-0.39, 0.29) is 29.3 Å². The van der Waals surface area contributed by atoms with E-state index >= 15 is 0 Å². The third-order valence-electron chi connectivity index (χ3n) is 3.77. The molecule has 1 aromatic heterocycles. The summed E-state index contributed by atoms with van der Waals surface area (Å²) in [5.41, 5.74) is 1.86. The maximum atomic E-state index is 12.9. The average molecular weight is 344 g/mol. The number of hydrogen-bond donors (Lipinski definition) is 0. The SMILES string of the molecule is Cc1cccc2c(=O)c(C(=O)N(C)C)c(-c3ccccc3)oc12.Cl. The highest BCUT2D eigenvalue weighted by molar-refractivity contribution is 6.02. The molecule has 1 amide bonds. The lowest BCUT2D eigenvalue weighted by Crippen LogP contribution is -2.28. The minimum Gasteiger partial charge on any atom is -0.455 e. The first kappa shape index (κ1) is 17.8. The quantitative estimate of drug-likeness (QED) is 0.709. The van der Waals surface area contributed by atoms with E-state index in [4.69, 9.17) is 4.42 Å². The molecule has 0 aliphatic carbocycles. The van der Waals surface area contributed by atoms with Crippen molar-refractivity contribution in [2.75, 3.05) is 14.1 Å². The van der Waals surface area contributed by atoms with Crippen molar-refractivity contribution in [2.45, 2.75) is 6.92 Å². The maximum absolute atomic E-state index is 12.9. The second-order valence-corrected chi connectivity index (χ2v) is 5.65. The predicted octanol–water partition coefficient (Wildman–Crippen LogP) is 3.89. The second kappa shape index (κ2) is 6.89. The maximum Gasteiger partial charge on any atom is 0.261 e. The Bertz CT molecular complexity index is 946. The van der Waals surface area contributed by atoms with Gasteiger partial charge in [-0.2, -0.15) is 0 Å². The van der Waals surface area contributed by atoms with Crippen molar-refractivity contribution in [1.82, 2.24) is 4.90 Å². The lowest BCUT2D eigenvalue weighted by molar-refractivity contribution is 0.0825. The molecule has 0 atom stereocenters. The van der Waals surface area contributed by atoms with Gasteiger partial charge in [0.05, 0.1) is 5.39 Å². The third-order valence-corrected chi connectivity index (χ3v) is 3.77. The van der Waals surface area contributed by atoms with Crippen molar-refractivity contribution in [3.63, 3.8) is 0 Å². The zero-order valence-electron chi connectivity index (χ0n) is 13.7. The standard InChI is InChI=1S/C19H17NO3.ClH/c1-12-8-7-11-14-16(21)15(19(22)20(2)3)18(23-17(12)14)13-9-5-4-6-10-13;/h4-11H,1-3H3;1H. The number of carbonyl (C=O) groups is 1. The average Bonchev–Trinajstić information content (AvgIpc) is 2.55. The number of aryl methyl sites for hydroxylation is 1. The fourth-order valence-electron chi connectivity index (χ4n) is 2.57. The summed E-state index contributed by atoms with van der Waals surface area (Å²) in [7, 11) is 3.24. The Balaban J connectivity index is 0.00000208. The van der Waals surface area contributed by atoms with Gasteiger partial charge in [-0.1, -0.05) is 42.5 Å². The van der Waals surface area contributed by atoms with Crippen molar-refractivity contribution in [2.24, 2.45) is 0 Å². The molecule has 0 aliphatic heterocycles. The molecule has 3 aromatic rings. The predicted molar refractivity (Wildman–Crippen MR) is 97.9 cm³/mol. The van der Waals surface area contributed by atoms with Gasteiger partial charge in [0, 0.05) is 19.7 Å². The van der Waals surface area contributed by atoms with Crippen molar-refractivity contribution >= 4 is 29.3 Å². The summed E-state index contributed by atoms with van der Waals surface area (Å²) in [5.74, 6) is -0.0443. The van der Waals surface area contributed by atoms with Crippen LogP contribution in [0, 0.1) is 6.92 Å². The van der Waals surface area contributed by atoms with Crippen molar-refractivity contribution in [1.29, 1.82) is 0 Å². The second-order valence-electron chi connectivity index (χ2n) is 5.65. The number of benzene rings is 2. The van der Waals surface area contributed by atoms with Gasteiger partial charge in [0.1, 0.15) is 11.1 Å². The molecule has 0 unspecified atom stereocenters. The van der Waals surface area contributed by atoms with Crippen LogP contribution in [-0.2, 0) is 0 Å². The van der Waals surface area contributed by atoms with Crippen LogP contribution in [0.25, 0.3) is 22.3 Å². The van der Waals surface area contributed by atoms with Crippen LogP contribution in [0.2, 0.25) is 0 Å². The molecule has 0 aliphatic rings. The summed E-state index contributed by atoms with van der Waals surface area (Å²) in [6.07, 6.45) is 0. The van der Waals surface area contributed by atoms with Crippen molar-refractivity contribution in [3.8, 4) is 11.3 Å². The lowest BCUT2D eigenvalue weighted by atomic mass is 10.0. The molecule has 24 heavy (non-hydrogen) atoms. The van der Waals surface area contributed by atoms with Gasteiger partial charge in [-0.05, 0) is 18.6 Å². The van der Waals surface area contributed by atoms with Crippen molar-refractivity contribution in [3.05, 3.63) is 69.9 Å². The van der Waals surface area contributed by atoms with E-state index in [0.717, 1.165) is 5.56 Å². The summed E-state index contributed by atoms with van der Waals surface area (Å²) in [6.45, 7) is 1.88. The molecule has 2 aromatic carbocycles. The Kier molecular flexibility index (Phi) is 5.10. The normalized spacial score (nSPS) is 10.3. The Labute approximate surface area is 146 Å². The number of nitrogens with zero attached hydrogens (tertiary/aromatic N) is 1. The van der Waals surface area contributed by atoms with Crippen LogP contribution in [0.4, 0.5) is 0 Å². The Hall–Kier alpha value is -2.59. The molecular formula is C19H18ClNO3. The van der Waals surface area contributed by atoms with Crippen molar-refractivity contribution < 1.29 is 9.21 Å². The fourth-order valence-corrected chi connectivity index (χ4v) is 2.57. The summed E-state index contributed by atoms with van der Waals surface area (Å²) >= 11 is 0. The molecular weight excluding hydrogens is 326 g/mol. The molecule has 4 nitrogen and oxygen atoms in total. The number of fused-ring (bicyclic) bond motifs is 1. The summed E-state index contributed by atoms with van der Waals surface area (Å²) < 4.78 is 6.01. The van der Waals surface area contributed by atoms with Gasteiger partial charge in [-0.15, -0.1) is 12.4 Å². The first-order valence-electron chi connectivity index (χ1n) is 7.34. The Morgan fingerprint density at radius 3 is 2.29 bits per heavy atom. The van der Waals surface area contributed by atoms with Crippen LogP contribution in [-0.4, -0.2) is 24.9 Å². The minimum absolute atomic E-state index is 0. The molecule has 3 rings (SSSR count). The fraction of sp³-hybridized carbons (Fsp3) is 0.158. The molecule has 0 saturated heterocycles. The highest BCUT2D eigenvalue weighted by atomic mass is 35.5. The summed E-state index contributed by atoms with van der Waals surface area (Å²) in [5, 5.41) is 0.426. The van der Waals surface area contributed by atoms with E-state index in [1.165, 1.54) is 4.90 Å². The zero-order chi connectivity index (χ0) is 16.6. The van der Waals surface area contributed by atoms with Gasteiger partial charge < -0.3 is 9.32 Å². The first-order chi connectivity index (χ1) is 11.0. The van der Waals surface area contributed by atoms with Gasteiger partial charge in [0.15, 0.2) is 5.76 Å². The number of halogens is 1. The number of para-hydroxylation sites is 1. The van der Waals surface area contributed by atoms with Crippen LogP contribution in [0.3, 0.4) is 0 Å². The third kappa shape index (κ3) is 2.93. The zero-order valence-corrected chi connectivity index (χ0v) is 14.5. The molecule has 124 valence electrons. The number of carbonyl (C=O) groups excluding carboxylic acids is 1. The minimum atomic E-state index is -0.360. The van der Waals surface area contributed by atoms with Crippen LogP contribution in [0.15, 0.2) is 57.7 Å². The van der Waals surface area contributed by atoms with Crippen LogP contribution in [0.1, 0.15) is 15.9 Å². The molecule has 0 radical (unpaired) electrons. The number of amides is 1. The highest BCUT2D eigenvalue weighted by Gasteiger charge is 2.23. The van der Waals surface area contributed by atoms with E-state index in [1.807, 2.05) is 43.3 Å². The molecule has 0 fully saturated rings. The Morgan fingerprint density at radius 1 is 1.00 bits per heavy atom. The van der Waals surface area contributed by atoms with E-state index in [1.54, 1.807) is 26.2 Å². The molecule has 1 heterocycles. The van der Waals surface area contributed by atoms with Gasteiger partial charge in [-0.3, -0.25) is 9.59 Å². The van der Waals surface area contributed by atoms with E-state index in [0.29, 0.717) is 22.3 Å².